The predicted molar refractivity (Wildman–Crippen MR) is 93.3 cm³/mol. The van der Waals surface area contributed by atoms with Crippen molar-refractivity contribution in [3.8, 4) is 0 Å². The van der Waals surface area contributed by atoms with Crippen LogP contribution in [-0.2, 0) is 6.54 Å². The largest absolute Gasteiger partial charge is 0.346 e. The van der Waals surface area contributed by atoms with Gasteiger partial charge in [0.15, 0.2) is 5.65 Å². The minimum absolute atomic E-state index is 0.0345. The van der Waals surface area contributed by atoms with Crippen molar-refractivity contribution in [3.63, 3.8) is 0 Å². The van der Waals surface area contributed by atoms with Crippen molar-refractivity contribution in [3.05, 3.63) is 52.4 Å². The lowest BCUT2D eigenvalue weighted by atomic mass is 9.97. The molecular formula is C17H19N5OS. The number of amides is 1. The quantitative estimate of drug-likeness (QED) is 0.763. The Hall–Kier alpha value is -2.25. The van der Waals surface area contributed by atoms with Crippen LogP contribution < -0.4 is 10.6 Å². The number of nitrogens with one attached hydrogen (secondary N) is 2. The lowest BCUT2D eigenvalue weighted by molar-refractivity contribution is 0.0954. The van der Waals surface area contributed by atoms with Gasteiger partial charge >= 0.3 is 0 Å². The molecule has 4 heterocycles. The van der Waals surface area contributed by atoms with Crippen LogP contribution in [0.15, 0.2) is 36.9 Å². The van der Waals surface area contributed by atoms with Crippen molar-refractivity contribution < 1.29 is 4.79 Å². The second-order valence-electron chi connectivity index (χ2n) is 5.98. The highest BCUT2D eigenvalue weighted by Gasteiger charge is 2.18. The molecule has 1 fully saturated rings. The van der Waals surface area contributed by atoms with Crippen LogP contribution in [0, 0.1) is 0 Å². The zero-order chi connectivity index (χ0) is 16.4. The standard InChI is InChI=1S/C17H19N5OS/c23-17(15-2-1-14(24-15)12-3-5-18-6-4-12)21-9-13-11-22-8-7-19-16(22)10-20-13/h1-2,7-8,10-12,18H,3-6,9H2,(H,21,23). The van der Waals surface area contributed by atoms with E-state index in [0.717, 1.165) is 42.1 Å². The van der Waals surface area contributed by atoms with Crippen LogP contribution in [0.5, 0.6) is 0 Å². The SMILES string of the molecule is O=C(NCc1cn2ccnc2cn1)c1ccc(C2CCNCC2)s1. The summed E-state index contributed by atoms with van der Waals surface area (Å²) in [5.74, 6) is 0.552. The highest BCUT2D eigenvalue weighted by Crippen LogP contribution is 2.31. The molecule has 24 heavy (non-hydrogen) atoms. The molecule has 1 saturated heterocycles. The maximum atomic E-state index is 12.4. The molecule has 0 atom stereocenters. The maximum absolute atomic E-state index is 12.4. The Kier molecular flexibility index (Phi) is 4.27. The van der Waals surface area contributed by atoms with E-state index >= 15 is 0 Å². The molecule has 0 unspecified atom stereocenters. The average molecular weight is 341 g/mol. The predicted octanol–water partition coefficient (Wildman–Crippen LogP) is 2.19. The normalized spacial score (nSPS) is 15.7. The zero-order valence-corrected chi connectivity index (χ0v) is 14.1. The summed E-state index contributed by atoms with van der Waals surface area (Å²) in [6, 6.07) is 4.04. The molecule has 0 bridgehead atoms. The number of rotatable bonds is 4. The molecule has 0 saturated carbocycles. The lowest BCUT2D eigenvalue weighted by Gasteiger charge is -2.21. The van der Waals surface area contributed by atoms with Gasteiger partial charge in [0.2, 0.25) is 0 Å². The van der Waals surface area contributed by atoms with Crippen LogP contribution in [0.4, 0.5) is 0 Å². The fraction of sp³-hybridized carbons (Fsp3) is 0.353. The second-order valence-corrected chi connectivity index (χ2v) is 7.10. The summed E-state index contributed by atoms with van der Waals surface area (Å²) in [5, 5.41) is 6.33. The number of piperidine rings is 1. The van der Waals surface area contributed by atoms with E-state index in [-0.39, 0.29) is 5.91 Å². The summed E-state index contributed by atoms with van der Waals surface area (Å²) in [6.07, 6.45) is 9.49. The van der Waals surface area contributed by atoms with E-state index in [1.165, 1.54) is 4.88 Å². The highest BCUT2D eigenvalue weighted by atomic mass is 32.1. The first-order chi connectivity index (χ1) is 11.8. The Bertz CT molecular complexity index is 849. The Morgan fingerprint density at radius 1 is 1.33 bits per heavy atom. The second kappa shape index (κ2) is 6.70. The Morgan fingerprint density at radius 3 is 3.08 bits per heavy atom. The van der Waals surface area contributed by atoms with E-state index in [1.54, 1.807) is 23.7 Å². The van der Waals surface area contributed by atoms with E-state index in [1.807, 2.05) is 22.9 Å². The van der Waals surface area contributed by atoms with Crippen molar-refractivity contribution in [1.29, 1.82) is 0 Å². The van der Waals surface area contributed by atoms with Gasteiger partial charge in [0.1, 0.15) is 0 Å². The van der Waals surface area contributed by atoms with Crippen molar-refractivity contribution in [2.24, 2.45) is 0 Å². The van der Waals surface area contributed by atoms with Crippen molar-refractivity contribution in [2.45, 2.75) is 25.3 Å². The topological polar surface area (TPSA) is 71.3 Å². The fourth-order valence-corrected chi connectivity index (χ4v) is 4.11. The van der Waals surface area contributed by atoms with Crippen molar-refractivity contribution in [1.82, 2.24) is 25.0 Å². The Balaban J connectivity index is 1.39. The molecule has 2 N–H and O–H groups in total. The smallest absolute Gasteiger partial charge is 0.261 e. The molecular weight excluding hydrogens is 322 g/mol. The summed E-state index contributed by atoms with van der Waals surface area (Å²) >= 11 is 1.61. The molecule has 0 aliphatic carbocycles. The summed E-state index contributed by atoms with van der Waals surface area (Å²) < 4.78 is 1.90. The van der Waals surface area contributed by atoms with Gasteiger partial charge in [-0.3, -0.25) is 9.78 Å². The van der Waals surface area contributed by atoms with Crippen LogP contribution in [0.2, 0.25) is 0 Å². The molecule has 7 heteroatoms. The van der Waals surface area contributed by atoms with Gasteiger partial charge in [-0.2, -0.15) is 0 Å². The molecule has 1 aliphatic rings. The zero-order valence-electron chi connectivity index (χ0n) is 13.2. The third-order valence-corrected chi connectivity index (χ3v) is 5.60. The monoisotopic (exact) mass is 341 g/mol. The van der Waals surface area contributed by atoms with Crippen LogP contribution >= 0.6 is 11.3 Å². The number of carbonyl (C=O) groups is 1. The number of fused-ring (bicyclic) bond motifs is 1. The average Bonchev–Trinajstić information content (AvgIpc) is 3.29. The molecule has 3 aromatic heterocycles. The van der Waals surface area contributed by atoms with E-state index < -0.39 is 0 Å². The van der Waals surface area contributed by atoms with Gasteiger partial charge in [-0.15, -0.1) is 11.3 Å². The number of hydrogen-bond acceptors (Lipinski definition) is 5. The highest BCUT2D eigenvalue weighted by molar-refractivity contribution is 7.14. The third-order valence-electron chi connectivity index (χ3n) is 4.35. The molecule has 124 valence electrons. The number of nitrogens with zero attached hydrogens (tertiary/aromatic N) is 3. The minimum Gasteiger partial charge on any atom is -0.346 e. The van der Waals surface area contributed by atoms with Gasteiger partial charge in [-0.25, -0.2) is 4.98 Å². The van der Waals surface area contributed by atoms with E-state index in [4.69, 9.17) is 0 Å². The third kappa shape index (κ3) is 3.18. The maximum Gasteiger partial charge on any atom is 0.261 e. The van der Waals surface area contributed by atoms with Crippen LogP contribution in [0.25, 0.3) is 5.65 Å². The van der Waals surface area contributed by atoms with Gasteiger partial charge in [-0.05, 0) is 44.0 Å². The first-order valence-electron chi connectivity index (χ1n) is 8.16. The number of imidazole rings is 1. The van der Waals surface area contributed by atoms with Gasteiger partial charge < -0.3 is 15.0 Å². The van der Waals surface area contributed by atoms with Crippen LogP contribution in [0.1, 0.15) is 39.0 Å². The molecule has 1 aliphatic heterocycles. The van der Waals surface area contributed by atoms with Crippen molar-refractivity contribution in [2.75, 3.05) is 13.1 Å². The van der Waals surface area contributed by atoms with Gasteiger partial charge in [0.25, 0.3) is 5.91 Å². The Morgan fingerprint density at radius 2 is 2.21 bits per heavy atom. The summed E-state index contributed by atoms with van der Waals surface area (Å²) in [7, 11) is 0. The van der Waals surface area contributed by atoms with Crippen LogP contribution in [0.3, 0.4) is 0 Å². The van der Waals surface area contributed by atoms with Crippen LogP contribution in [-0.4, -0.2) is 33.4 Å². The molecule has 4 rings (SSSR count). The summed E-state index contributed by atoms with van der Waals surface area (Å²) in [5.41, 5.74) is 1.61. The molecule has 1 amide bonds. The minimum atomic E-state index is -0.0345. The lowest BCUT2D eigenvalue weighted by Crippen LogP contribution is -2.26. The van der Waals surface area contributed by atoms with Crippen molar-refractivity contribution >= 4 is 22.9 Å². The molecule has 6 nitrogen and oxygen atoms in total. The van der Waals surface area contributed by atoms with Gasteiger partial charge in [0, 0.05) is 23.5 Å². The number of carbonyl (C=O) groups excluding carboxylic acids is 1. The first kappa shape index (κ1) is 15.3. The van der Waals surface area contributed by atoms with E-state index in [0.29, 0.717) is 12.5 Å². The molecule has 0 radical (unpaired) electrons. The molecule has 3 aromatic rings. The summed E-state index contributed by atoms with van der Waals surface area (Å²) in [6.45, 7) is 2.53. The van der Waals surface area contributed by atoms with Gasteiger partial charge in [-0.1, -0.05) is 0 Å². The van der Waals surface area contributed by atoms with Gasteiger partial charge in [0.05, 0.1) is 23.3 Å². The number of hydrogen-bond donors (Lipinski definition) is 2. The number of thiophene rings is 1. The fourth-order valence-electron chi connectivity index (χ4n) is 3.02. The summed E-state index contributed by atoms with van der Waals surface area (Å²) in [4.78, 5) is 22.9. The van der Waals surface area contributed by atoms with E-state index in [2.05, 4.69) is 26.7 Å². The van der Waals surface area contributed by atoms with E-state index in [9.17, 15) is 4.79 Å². The molecule has 0 spiro atoms. The number of aromatic nitrogens is 3. The molecule has 0 aromatic carbocycles. The Labute approximate surface area is 143 Å². The first-order valence-corrected chi connectivity index (χ1v) is 8.97.